The van der Waals surface area contributed by atoms with Crippen LogP contribution >= 0.6 is 0 Å². The molecule has 0 N–H and O–H groups in total. The van der Waals surface area contributed by atoms with Crippen LogP contribution in [0.1, 0.15) is 12.7 Å². The molecule has 0 bridgehead atoms. The maximum absolute atomic E-state index is 7.05. The van der Waals surface area contributed by atoms with Crippen LogP contribution in [0.2, 0.25) is 0 Å². The molecule has 2 aliphatic rings. The molecule has 1 saturated carbocycles. The molecule has 1 aliphatic carbocycles. The summed E-state index contributed by atoms with van der Waals surface area (Å²) in [5.41, 5.74) is 9.91. The van der Waals surface area contributed by atoms with E-state index >= 15 is 0 Å². The van der Waals surface area contributed by atoms with E-state index in [1.54, 1.807) is 0 Å². The lowest BCUT2D eigenvalue weighted by molar-refractivity contribution is 0.419. The van der Waals surface area contributed by atoms with Crippen LogP contribution in [0.25, 0.3) is 103 Å². The van der Waals surface area contributed by atoms with Gasteiger partial charge in [-0.05, 0) is 65.4 Å². The molecule has 15 rings (SSSR count). The van der Waals surface area contributed by atoms with Crippen LogP contribution in [0, 0.1) is 11.8 Å². The highest BCUT2D eigenvalue weighted by Crippen LogP contribution is 2.69. The van der Waals surface area contributed by atoms with Crippen molar-refractivity contribution in [2.24, 2.45) is 16.8 Å². The van der Waals surface area contributed by atoms with Crippen molar-refractivity contribution in [2.45, 2.75) is 12.5 Å². The standard InChI is InChI=1S/C53H32N4O/c1-29-48-52(54-49-36-20-8-13-25-45(36)58-51(49)53(29,48)57-41-23-11-4-16-32(41)33-17-5-12-24-42(33)57)56-40-22-10-6-18-34(40)46-44(56)28-38-37-26-30-14-2-3-15-31(30)27-43(37)55-39-21-9-7-19-35(39)47(46)50(38)55/h2-29,48H,1H3. The number of aliphatic imine (C=N–C) groups is 1. The first kappa shape index (κ1) is 29.9. The van der Waals surface area contributed by atoms with E-state index < -0.39 is 5.54 Å². The van der Waals surface area contributed by atoms with Crippen LogP contribution in [-0.4, -0.2) is 19.4 Å². The summed E-state index contributed by atoms with van der Waals surface area (Å²) < 4.78 is 14.7. The quantitative estimate of drug-likeness (QED) is 0.165. The Morgan fingerprint density at radius 2 is 1.09 bits per heavy atom. The first-order chi connectivity index (χ1) is 28.7. The van der Waals surface area contributed by atoms with Crippen LogP contribution in [0.5, 0.6) is 0 Å². The number of hydrogen-bond donors (Lipinski definition) is 0. The van der Waals surface area contributed by atoms with E-state index in [4.69, 9.17) is 9.41 Å². The maximum Gasteiger partial charge on any atom is 0.157 e. The van der Waals surface area contributed by atoms with E-state index in [1.807, 2.05) is 0 Å². The monoisotopic (exact) mass is 740 g/mol. The van der Waals surface area contributed by atoms with Gasteiger partial charge in [0.15, 0.2) is 5.76 Å². The lowest BCUT2D eigenvalue weighted by Gasteiger charge is -2.26. The minimum Gasteiger partial charge on any atom is -0.456 e. The third kappa shape index (κ3) is 3.24. The normalized spacial score (nSPS) is 19.3. The largest absolute Gasteiger partial charge is 0.456 e. The Morgan fingerprint density at radius 3 is 1.83 bits per heavy atom. The number of para-hydroxylation sites is 5. The van der Waals surface area contributed by atoms with Gasteiger partial charge in [0.05, 0.1) is 44.5 Å². The number of aromatic nitrogens is 3. The van der Waals surface area contributed by atoms with Crippen LogP contribution in [0.15, 0.2) is 173 Å². The molecule has 1 fully saturated rings. The summed E-state index contributed by atoms with van der Waals surface area (Å²) in [5, 5.41) is 13.7. The first-order valence-electron chi connectivity index (χ1n) is 20.3. The van der Waals surface area contributed by atoms with Crippen molar-refractivity contribution in [1.82, 2.24) is 13.5 Å². The highest BCUT2D eigenvalue weighted by Gasteiger charge is 2.72. The molecule has 58 heavy (non-hydrogen) atoms. The maximum atomic E-state index is 7.05. The number of benzene rings is 8. The van der Waals surface area contributed by atoms with Crippen LogP contribution in [0.4, 0.5) is 5.69 Å². The highest BCUT2D eigenvalue weighted by atomic mass is 16.3. The van der Waals surface area contributed by atoms with Gasteiger partial charge in [-0.3, -0.25) is 4.57 Å². The van der Waals surface area contributed by atoms with Crippen LogP contribution in [-0.2, 0) is 5.54 Å². The minimum absolute atomic E-state index is 0.0422. The van der Waals surface area contributed by atoms with E-state index in [1.165, 1.54) is 92.5 Å². The fourth-order valence-corrected chi connectivity index (χ4v) is 11.8. The Morgan fingerprint density at radius 1 is 0.500 bits per heavy atom. The van der Waals surface area contributed by atoms with Crippen molar-refractivity contribution in [3.05, 3.63) is 170 Å². The summed E-state index contributed by atoms with van der Waals surface area (Å²) >= 11 is 0. The van der Waals surface area contributed by atoms with E-state index in [-0.39, 0.29) is 11.8 Å². The molecule has 5 aromatic heterocycles. The summed E-state index contributed by atoms with van der Waals surface area (Å²) in [6.45, 7) is 2.41. The molecule has 0 radical (unpaired) electrons. The fraction of sp³-hybridized carbons (Fsp3) is 0.0755. The summed E-state index contributed by atoms with van der Waals surface area (Å²) in [6, 6.07) is 60.2. The lowest BCUT2D eigenvalue weighted by atomic mass is 10.0. The molecule has 8 aromatic carbocycles. The smallest absolute Gasteiger partial charge is 0.157 e. The molecule has 1 aliphatic heterocycles. The number of hydrogen-bond acceptors (Lipinski definition) is 2. The van der Waals surface area contributed by atoms with Gasteiger partial charge in [-0.2, -0.15) is 0 Å². The number of nitrogens with zero attached hydrogens (tertiary/aromatic N) is 4. The van der Waals surface area contributed by atoms with Crippen LogP contribution < -0.4 is 0 Å². The fourth-order valence-electron chi connectivity index (χ4n) is 11.8. The van der Waals surface area contributed by atoms with Gasteiger partial charge < -0.3 is 13.4 Å². The Bertz CT molecular complexity index is 3970. The molecule has 0 spiro atoms. The van der Waals surface area contributed by atoms with Crippen molar-refractivity contribution in [1.29, 1.82) is 0 Å². The second kappa shape index (κ2) is 9.95. The third-order valence-electron chi connectivity index (χ3n) is 14.1. The predicted octanol–water partition coefficient (Wildman–Crippen LogP) is 13.6. The number of rotatable bonds is 1. The van der Waals surface area contributed by atoms with E-state index in [9.17, 15) is 0 Å². The second-order valence-corrected chi connectivity index (χ2v) is 16.7. The molecular weight excluding hydrogens is 709 g/mol. The lowest BCUT2D eigenvalue weighted by Crippen LogP contribution is -2.29. The van der Waals surface area contributed by atoms with Crippen molar-refractivity contribution < 1.29 is 4.42 Å². The molecule has 6 heterocycles. The summed E-state index contributed by atoms with van der Waals surface area (Å²) in [5.74, 6) is 2.27. The van der Waals surface area contributed by atoms with Gasteiger partial charge in [-0.1, -0.05) is 116 Å². The number of furan rings is 1. The van der Waals surface area contributed by atoms with E-state index in [2.05, 4.69) is 184 Å². The minimum atomic E-state index is -0.492. The molecule has 270 valence electrons. The Balaban J connectivity index is 1.13. The summed E-state index contributed by atoms with van der Waals surface area (Å²) in [4.78, 5) is 5.82. The van der Waals surface area contributed by atoms with E-state index in [0.29, 0.717) is 0 Å². The third-order valence-corrected chi connectivity index (χ3v) is 14.1. The first-order valence-corrected chi connectivity index (χ1v) is 20.3. The highest BCUT2D eigenvalue weighted by molar-refractivity contribution is 6.37. The zero-order valence-corrected chi connectivity index (χ0v) is 31.4. The van der Waals surface area contributed by atoms with Gasteiger partial charge in [0.25, 0.3) is 0 Å². The SMILES string of the molecule is CC1C2C(n3c4ccccc4c4c5c6ccccc6n6c7cc8ccccc8cc7c(cc43)c56)=Nc3c(oc4ccccc34)C12n1c2ccccc2c2ccccc21. The molecule has 5 nitrogen and oxygen atoms in total. The molecule has 0 saturated heterocycles. The average molecular weight is 741 g/mol. The van der Waals surface area contributed by atoms with Gasteiger partial charge in [0, 0.05) is 54.4 Å². The molecule has 0 amide bonds. The van der Waals surface area contributed by atoms with E-state index in [0.717, 1.165) is 28.3 Å². The number of fused-ring (bicyclic) bond motifs is 19. The summed E-state index contributed by atoms with van der Waals surface area (Å²) in [7, 11) is 0. The Kier molecular flexibility index (Phi) is 5.12. The molecule has 3 unspecified atom stereocenters. The van der Waals surface area contributed by atoms with Crippen molar-refractivity contribution in [3.63, 3.8) is 0 Å². The van der Waals surface area contributed by atoms with Crippen molar-refractivity contribution >= 4 is 115 Å². The Labute approximate surface area is 330 Å². The van der Waals surface area contributed by atoms with Crippen molar-refractivity contribution in [3.8, 4) is 0 Å². The van der Waals surface area contributed by atoms with Crippen molar-refractivity contribution in [2.75, 3.05) is 0 Å². The second-order valence-electron chi connectivity index (χ2n) is 16.7. The summed E-state index contributed by atoms with van der Waals surface area (Å²) in [6.07, 6.45) is 0. The van der Waals surface area contributed by atoms with Gasteiger partial charge in [-0.15, -0.1) is 0 Å². The zero-order valence-electron chi connectivity index (χ0n) is 31.4. The zero-order chi connectivity index (χ0) is 37.6. The molecule has 3 atom stereocenters. The molecular formula is C53H32N4O. The Hall–Kier alpha value is -7.37. The van der Waals surface area contributed by atoms with Gasteiger partial charge in [0.2, 0.25) is 0 Å². The van der Waals surface area contributed by atoms with Gasteiger partial charge in [-0.25, -0.2) is 4.99 Å². The van der Waals surface area contributed by atoms with Crippen LogP contribution in [0.3, 0.4) is 0 Å². The topological polar surface area (TPSA) is 39.8 Å². The van der Waals surface area contributed by atoms with Gasteiger partial charge in [0.1, 0.15) is 22.6 Å². The molecule has 5 heteroatoms. The average Bonchev–Trinajstić information content (AvgIpc) is 3.81. The molecule has 13 aromatic rings. The van der Waals surface area contributed by atoms with Gasteiger partial charge >= 0.3 is 0 Å². The predicted molar refractivity (Wildman–Crippen MR) is 239 cm³/mol.